The number of rotatable bonds is 4. The van der Waals surface area contributed by atoms with Crippen molar-refractivity contribution in [3.05, 3.63) is 71.0 Å². The van der Waals surface area contributed by atoms with Crippen molar-refractivity contribution in [2.24, 2.45) is 5.92 Å². The number of fused-ring (bicyclic) bond motifs is 1. The Labute approximate surface area is 199 Å². The molecule has 3 atom stereocenters. The minimum absolute atomic E-state index is 0.0363. The lowest BCUT2D eigenvalue weighted by atomic mass is 9.73. The maximum atomic E-state index is 13.2. The zero-order chi connectivity index (χ0) is 23.7. The van der Waals surface area contributed by atoms with Crippen molar-refractivity contribution in [1.82, 2.24) is 9.80 Å². The zero-order valence-electron chi connectivity index (χ0n) is 19.1. The highest BCUT2D eigenvalue weighted by Crippen LogP contribution is 2.43. The van der Waals surface area contributed by atoms with Crippen molar-refractivity contribution in [2.75, 3.05) is 19.7 Å². The van der Waals surface area contributed by atoms with Crippen LogP contribution < -0.4 is 0 Å². The average Bonchev–Trinajstić information content (AvgIpc) is 3.35. The number of carbonyl (C=O) groups is 2. The maximum absolute atomic E-state index is 13.2. The minimum atomic E-state index is -0.408. The topological polar surface area (TPSA) is 60.9 Å². The highest BCUT2D eigenvalue weighted by molar-refractivity contribution is 5.97. The molecule has 2 aromatic carbocycles. The number of hydrogen-bond donors (Lipinski definition) is 1. The molecule has 1 aliphatic carbocycles. The van der Waals surface area contributed by atoms with Gasteiger partial charge in [-0.2, -0.15) is 0 Å². The first-order valence-electron chi connectivity index (χ1n) is 12.1. The van der Waals surface area contributed by atoms with Gasteiger partial charge in [0.15, 0.2) is 0 Å². The van der Waals surface area contributed by atoms with Gasteiger partial charge in [0.25, 0.3) is 5.91 Å². The van der Waals surface area contributed by atoms with Gasteiger partial charge in [-0.1, -0.05) is 36.8 Å². The van der Waals surface area contributed by atoms with Gasteiger partial charge in [0, 0.05) is 30.0 Å². The highest BCUT2D eigenvalue weighted by atomic mass is 19.1. The van der Waals surface area contributed by atoms with Crippen molar-refractivity contribution in [2.45, 2.75) is 50.1 Å². The smallest absolute Gasteiger partial charge is 0.254 e. The van der Waals surface area contributed by atoms with E-state index in [4.69, 9.17) is 0 Å². The van der Waals surface area contributed by atoms with Crippen LogP contribution in [0.5, 0.6) is 0 Å². The van der Waals surface area contributed by atoms with E-state index in [0.717, 1.165) is 23.5 Å². The second-order valence-electron chi connectivity index (χ2n) is 9.62. The number of aliphatic hydroxyl groups is 1. The second kappa shape index (κ2) is 9.60. The van der Waals surface area contributed by atoms with Crippen LogP contribution in [0.4, 0.5) is 4.39 Å². The fourth-order valence-electron chi connectivity index (χ4n) is 5.73. The van der Waals surface area contributed by atoms with E-state index in [1.807, 2.05) is 24.3 Å². The molecule has 3 aliphatic rings. The van der Waals surface area contributed by atoms with Gasteiger partial charge in [0.2, 0.25) is 5.91 Å². The standard InChI is InChI=1S/C28H29FN2O3/c29-23-14-12-22(13-15-23)28(34)30-16-24-27(25(18-32)31(24)26(33)17-30)21-10-8-20(9-11-21)7-3-6-19-4-1-2-5-19/h8-15,19,24-25,27,32H,1-2,4-6,16-18H2/t24-,25-,27-/m0/s1. The van der Waals surface area contributed by atoms with Crippen LogP contribution in [0.2, 0.25) is 0 Å². The lowest BCUT2D eigenvalue weighted by molar-refractivity contribution is -0.159. The fraction of sp³-hybridized carbons (Fsp3) is 0.429. The van der Waals surface area contributed by atoms with Crippen LogP contribution >= 0.6 is 0 Å². The Morgan fingerprint density at radius 3 is 2.44 bits per heavy atom. The first-order valence-corrected chi connectivity index (χ1v) is 12.1. The summed E-state index contributed by atoms with van der Waals surface area (Å²) in [6.45, 7) is 0.222. The number of aliphatic hydroxyl groups excluding tert-OH is 1. The first-order chi connectivity index (χ1) is 16.5. The maximum Gasteiger partial charge on any atom is 0.254 e. The fourth-order valence-corrected chi connectivity index (χ4v) is 5.73. The van der Waals surface area contributed by atoms with E-state index in [0.29, 0.717) is 12.1 Å². The molecule has 2 heterocycles. The van der Waals surface area contributed by atoms with Crippen LogP contribution in [0, 0.1) is 23.6 Å². The van der Waals surface area contributed by atoms with Crippen molar-refractivity contribution in [3.8, 4) is 11.8 Å². The number of benzene rings is 2. The van der Waals surface area contributed by atoms with E-state index in [1.165, 1.54) is 54.8 Å². The lowest BCUT2D eigenvalue weighted by Crippen LogP contribution is -2.73. The molecule has 0 spiro atoms. The summed E-state index contributed by atoms with van der Waals surface area (Å²) in [5, 5.41) is 10.00. The van der Waals surface area contributed by atoms with Crippen molar-refractivity contribution in [3.63, 3.8) is 0 Å². The van der Waals surface area contributed by atoms with Crippen LogP contribution in [0.15, 0.2) is 48.5 Å². The van der Waals surface area contributed by atoms with Crippen LogP contribution in [-0.2, 0) is 4.79 Å². The molecule has 5 nitrogen and oxygen atoms in total. The minimum Gasteiger partial charge on any atom is -0.394 e. The van der Waals surface area contributed by atoms with Gasteiger partial charge in [0.05, 0.1) is 18.7 Å². The largest absolute Gasteiger partial charge is 0.394 e. The Kier molecular flexibility index (Phi) is 6.38. The van der Waals surface area contributed by atoms with E-state index in [2.05, 4.69) is 11.8 Å². The number of nitrogens with zero attached hydrogens (tertiary/aromatic N) is 2. The van der Waals surface area contributed by atoms with Crippen molar-refractivity contribution >= 4 is 11.8 Å². The quantitative estimate of drug-likeness (QED) is 0.710. The van der Waals surface area contributed by atoms with Crippen molar-refractivity contribution in [1.29, 1.82) is 0 Å². The summed E-state index contributed by atoms with van der Waals surface area (Å²) in [6.07, 6.45) is 6.17. The number of carbonyl (C=O) groups excluding carboxylic acids is 2. The van der Waals surface area contributed by atoms with E-state index < -0.39 is 5.82 Å². The van der Waals surface area contributed by atoms with E-state index >= 15 is 0 Å². The normalized spacial score (nSPS) is 24.3. The van der Waals surface area contributed by atoms with E-state index in [9.17, 15) is 19.1 Å². The molecule has 5 rings (SSSR count). The van der Waals surface area contributed by atoms with Crippen molar-refractivity contribution < 1.29 is 19.1 Å². The second-order valence-corrected chi connectivity index (χ2v) is 9.62. The third-order valence-electron chi connectivity index (χ3n) is 7.52. The predicted octanol–water partition coefficient (Wildman–Crippen LogP) is 3.57. The Morgan fingerprint density at radius 1 is 1.06 bits per heavy atom. The molecule has 0 radical (unpaired) electrons. The molecule has 0 aromatic heterocycles. The van der Waals surface area contributed by atoms with Crippen LogP contribution in [0.3, 0.4) is 0 Å². The summed E-state index contributed by atoms with van der Waals surface area (Å²) in [7, 11) is 0. The number of hydrogen-bond acceptors (Lipinski definition) is 3. The summed E-state index contributed by atoms with van der Waals surface area (Å²) in [6, 6.07) is 12.9. The molecule has 34 heavy (non-hydrogen) atoms. The average molecular weight is 461 g/mol. The van der Waals surface area contributed by atoms with Crippen LogP contribution in [-0.4, -0.2) is 58.5 Å². The Morgan fingerprint density at radius 2 is 1.76 bits per heavy atom. The Balaban J connectivity index is 1.29. The molecule has 1 N–H and O–H groups in total. The van der Waals surface area contributed by atoms with Crippen LogP contribution in [0.1, 0.15) is 59.5 Å². The van der Waals surface area contributed by atoms with Crippen LogP contribution in [0.25, 0.3) is 0 Å². The molecule has 2 amide bonds. The zero-order valence-corrected chi connectivity index (χ0v) is 19.1. The highest BCUT2D eigenvalue weighted by Gasteiger charge is 2.54. The number of halogens is 1. The van der Waals surface area contributed by atoms with Gasteiger partial charge < -0.3 is 14.9 Å². The molecule has 3 fully saturated rings. The number of amides is 2. The summed E-state index contributed by atoms with van der Waals surface area (Å²) in [4.78, 5) is 29.0. The van der Waals surface area contributed by atoms with Gasteiger partial charge in [-0.3, -0.25) is 9.59 Å². The third-order valence-corrected chi connectivity index (χ3v) is 7.52. The third kappa shape index (κ3) is 4.33. The summed E-state index contributed by atoms with van der Waals surface area (Å²) >= 11 is 0. The van der Waals surface area contributed by atoms with E-state index in [-0.39, 0.29) is 43.0 Å². The SMILES string of the molecule is O=C(c1ccc(F)cc1)N1CC(=O)N2[C@@H](CO)[C@@H](c3ccc(C#CCC4CCCC4)cc3)[C@@H]2C1. The number of piperazine rings is 1. The van der Waals surface area contributed by atoms with Gasteiger partial charge in [-0.15, -0.1) is 0 Å². The molecule has 6 heteroatoms. The molecule has 0 bridgehead atoms. The summed E-state index contributed by atoms with van der Waals surface area (Å²) in [5.41, 5.74) is 2.36. The molecule has 176 valence electrons. The molecule has 2 aromatic rings. The first kappa shape index (κ1) is 22.6. The molecular formula is C28H29FN2O3. The van der Waals surface area contributed by atoms with Gasteiger partial charge >= 0.3 is 0 Å². The summed E-state index contributed by atoms with van der Waals surface area (Å²) in [5.74, 6) is 6.40. The molecule has 0 unspecified atom stereocenters. The Hall–Kier alpha value is -3.17. The van der Waals surface area contributed by atoms with Gasteiger partial charge in [-0.05, 0) is 60.7 Å². The summed E-state index contributed by atoms with van der Waals surface area (Å²) < 4.78 is 13.2. The molecule has 1 saturated carbocycles. The Bertz CT molecular complexity index is 1110. The van der Waals surface area contributed by atoms with E-state index in [1.54, 1.807) is 4.90 Å². The van der Waals surface area contributed by atoms with Gasteiger partial charge in [0.1, 0.15) is 12.4 Å². The lowest BCUT2D eigenvalue weighted by Gasteiger charge is -2.58. The molecule has 2 aliphatic heterocycles. The molecule has 2 saturated heterocycles. The monoisotopic (exact) mass is 460 g/mol. The molecular weight excluding hydrogens is 431 g/mol. The predicted molar refractivity (Wildman–Crippen MR) is 126 cm³/mol. The van der Waals surface area contributed by atoms with Gasteiger partial charge in [-0.25, -0.2) is 4.39 Å².